The molecule has 0 radical (unpaired) electrons. The molecule has 0 aliphatic heterocycles. The van der Waals surface area contributed by atoms with E-state index in [0.29, 0.717) is 6.04 Å². The Bertz CT molecular complexity index is 460. The lowest BCUT2D eigenvalue weighted by atomic mass is 10.1. The molecule has 1 heterocycles. The quantitative estimate of drug-likeness (QED) is 0.882. The Kier molecular flexibility index (Phi) is 4.39. The van der Waals surface area contributed by atoms with Gasteiger partial charge in [0.25, 0.3) is 0 Å². The molecule has 1 N–H and O–H groups in total. The van der Waals surface area contributed by atoms with Gasteiger partial charge in [0.2, 0.25) is 0 Å². The number of anilines is 1. The summed E-state index contributed by atoms with van der Waals surface area (Å²) in [6.07, 6.45) is 0. The molecule has 0 aliphatic rings. The molecular formula is C15H20N2S. The van der Waals surface area contributed by atoms with E-state index in [9.17, 15) is 0 Å². The molecule has 0 aliphatic carbocycles. The van der Waals surface area contributed by atoms with Gasteiger partial charge in [-0.1, -0.05) is 12.1 Å². The van der Waals surface area contributed by atoms with Crippen LogP contribution in [0.4, 0.5) is 5.69 Å². The lowest BCUT2D eigenvalue weighted by Gasteiger charge is -2.15. The first-order valence-corrected chi connectivity index (χ1v) is 7.13. The van der Waals surface area contributed by atoms with Gasteiger partial charge in [-0.25, -0.2) is 0 Å². The molecule has 18 heavy (non-hydrogen) atoms. The highest BCUT2D eigenvalue weighted by atomic mass is 32.1. The Morgan fingerprint density at radius 2 is 1.89 bits per heavy atom. The minimum absolute atomic E-state index is 0.407. The summed E-state index contributed by atoms with van der Waals surface area (Å²) in [5, 5.41) is 7.87. The van der Waals surface area contributed by atoms with Gasteiger partial charge in [0.1, 0.15) is 0 Å². The molecule has 0 spiro atoms. The van der Waals surface area contributed by atoms with Crippen molar-refractivity contribution < 1.29 is 0 Å². The van der Waals surface area contributed by atoms with Crippen molar-refractivity contribution in [1.82, 2.24) is 5.32 Å². The smallest absolute Gasteiger partial charge is 0.0361 e. The summed E-state index contributed by atoms with van der Waals surface area (Å²) in [6, 6.07) is 11.3. The first-order valence-electron chi connectivity index (χ1n) is 6.18. The van der Waals surface area contributed by atoms with E-state index in [-0.39, 0.29) is 0 Å². The van der Waals surface area contributed by atoms with Gasteiger partial charge < -0.3 is 10.2 Å². The van der Waals surface area contributed by atoms with Crippen molar-refractivity contribution in [2.24, 2.45) is 0 Å². The van der Waals surface area contributed by atoms with Gasteiger partial charge in [-0.05, 0) is 47.0 Å². The predicted octanol–water partition coefficient (Wildman–Crippen LogP) is 3.66. The average Bonchev–Trinajstić information content (AvgIpc) is 2.90. The van der Waals surface area contributed by atoms with Crippen molar-refractivity contribution in [2.45, 2.75) is 19.5 Å². The maximum absolute atomic E-state index is 3.54. The molecule has 3 heteroatoms. The number of hydrogen-bond acceptors (Lipinski definition) is 3. The van der Waals surface area contributed by atoms with Crippen LogP contribution in [-0.2, 0) is 6.54 Å². The van der Waals surface area contributed by atoms with Crippen LogP contribution in [0.5, 0.6) is 0 Å². The maximum atomic E-state index is 3.54. The van der Waals surface area contributed by atoms with Crippen LogP contribution in [0, 0.1) is 0 Å². The largest absolute Gasteiger partial charge is 0.378 e. The highest BCUT2D eigenvalue weighted by molar-refractivity contribution is 7.07. The topological polar surface area (TPSA) is 15.3 Å². The summed E-state index contributed by atoms with van der Waals surface area (Å²) in [7, 11) is 4.12. The van der Waals surface area contributed by atoms with Crippen LogP contribution in [0.25, 0.3) is 0 Å². The van der Waals surface area contributed by atoms with Crippen LogP contribution in [0.1, 0.15) is 24.1 Å². The number of hydrogen-bond donors (Lipinski definition) is 1. The Labute approximate surface area is 113 Å². The SMILES string of the molecule is CC(NCc1ccc(N(C)C)cc1)c1ccsc1. The van der Waals surface area contributed by atoms with Crippen LogP contribution in [0.15, 0.2) is 41.1 Å². The van der Waals surface area contributed by atoms with Gasteiger partial charge in [0.15, 0.2) is 0 Å². The number of thiophene rings is 1. The minimum atomic E-state index is 0.407. The lowest BCUT2D eigenvalue weighted by Crippen LogP contribution is -2.17. The molecule has 0 saturated heterocycles. The number of rotatable bonds is 5. The third kappa shape index (κ3) is 3.34. The van der Waals surface area contributed by atoms with Crippen molar-refractivity contribution >= 4 is 17.0 Å². The van der Waals surface area contributed by atoms with Gasteiger partial charge in [-0.2, -0.15) is 11.3 Å². The zero-order chi connectivity index (χ0) is 13.0. The normalized spacial score (nSPS) is 12.4. The third-order valence-electron chi connectivity index (χ3n) is 3.11. The molecule has 0 bridgehead atoms. The first-order chi connectivity index (χ1) is 8.66. The Hall–Kier alpha value is -1.32. The maximum Gasteiger partial charge on any atom is 0.0361 e. The van der Waals surface area contributed by atoms with Gasteiger partial charge >= 0.3 is 0 Å². The van der Waals surface area contributed by atoms with E-state index in [1.54, 1.807) is 11.3 Å². The fourth-order valence-electron chi connectivity index (χ4n) is 1.82. The molecule has 1 aromatic carbocycles. The van der Waals surface area contributed by atoms with Crippen molar-refractivity contribution in [3.05, 3.63) is 52.2 Å². The molecule has 0 amide bonds. The Morgan fingerprint density at radius 1 is 1.17 bits per heavy atom. The molecule has 1 unspecified atom stereocenters. The minimum Gasteiger partial charge on any atom is -0.378 e. The zero-order valence-electron chi connectivity index (χ0n) is 11.2. The molecule has 0 fully saturated rings. The summed E-state index contributed by atoms with van der Waals surface area (Å²) in [6.45, 7) is 3.11. The van der Waals surface area contributed by atoms with Crippen LogP contribution in [0.2, 0.25) is 0 Å². The van der Waals surface area contributed by atoms with Crippen molar-refractivity contribution in [3.63, 3.8) is 0 Å². The number of benzene rings is 1. The second-order valence-electron chi connectivity index (χ2n) is 4.72. The summed E-state index contributed by atoms with van der Waals surface area (Å²) in [4.78, 5) is 2.12. The molecule has 2 aromatic rings. The van der Waals surface area contributed by atoms with E-state index in [2.05, 4.69) is 72.3 Å². The van der Waals surface area contributed by atoms with Gasteiger partial charge in [-0.15, -0.1) is 0 Å². The fourth-order valence-corrected chi connectivity index (χ4v) is 2.58. The first kappa shape index (κ1) is 13.1. The van der Waals surface area contributed by atoms with Crippen molar-refractivity contribution in [1.29, 1.82) is 0 Å². The molecule has 2 rings (SSSR count). The fraction of sp³-hybridized carbons (Fsp3) is 0.333. The molecular weight excluding hydrogens is 240 g/mol. The average molecular weight is 260 g/mol. The summed E-state index contributed by atoms with van der Waals surface area (Å²) < 4.78 is 0. The Balaban J connectivity index is 1.90. The van der Waals surface area contributed by atoms with E-state index >= 15 is 0 Å². The second-order valence-corrected chi connectivity index (χ2v) is 5.50. The monoisotopic (exact) mass is 260 g/mol. The lowest BCUT2D eigenvalue weighted by molar-refractivity contribution is 0.576. The number of nitrogens with zero attached hydrogens (tertiary/aromatic N) is 1. The summed E-state index contributed by atoms with van der Waals surface area (Å²) >= 11 is 1.75. The van der Waals surface area contributed by atoms with Crippen molar-refractivity contribution in [2.75, 3.05) is 19.0 Å². The van der Waals surface area contributed by atoms with Gasteiger partial charge in [0.05, 0.1) is 0 Å². The van der Waals surface area contributed by atoms with Crippen LogP contribution in [-0.4, -0.2) is 14.1 Å². The zero-order valence-corrected chi connectivity index (χ0v) is 12.0. The number of nitrogens with one attached hydrogen (secondary N) is 1. The van der Waals surface area contributed by atoms with E-state index in [0.717, 1.165) is 6.54 Å². The molecule has 1 aromatic heterocycles. The van der Waals surface area contributed by atoms with Crippen LogP contribution >= 0.6 is 11.3 Å². The summed E-state index contributed by atoms with van der Waals surface area (Å²) in [5.74, 6) is 0. The van der Waals surface area contributed by atoms with E-state index < -0.39 is 0 Å². The highest BCUT2D eigenvalue weighted by Crippen LogP contribution is 2.17. The van der Waals surface area contributed by atoms with Crippen LogP contribution < -0.4 is 10.2 Å². The predicted molar refractivity (Wildman–Crippen MR) is 80.3 cm³/mol. The molecule has 0 saturated carbocycles. The van der Waals surface area contributed by atoms with Gasteiger partial charge in [0, 0.05) is 32.4 Å². The molecule has 1 atom stereocenters. The van der Waals surface area contributed by atoms with Crippen molar-refractivity contribution in [3.8, 4) is 0 Å². The Morgan fingerprint density at radius 3 is 2.44 bits per heavy atom. The highest BCUT2D eigenvalue weighted by Gasteiger charge is 2.04. The second kappa shape index (κ2) is 6.03. The van der Waals surface area contributed by atoms with Gasteiger partial charge in [-0.3, -0.25) is 0 Å². The van der Waals surface area contributed by atoms with E-state index in [4.69, 9.17) is 0 Å². The van der Waals surface area contributed by atoms with E-state index in [1.165, 1.54) is 16.8 Å². The van der Waals surface area contributed by atoms with Crippen LogP contribution in [0.3, 0.4) is 0 Å². The summed E-state index contributed by atoms with van der Waals surface area (Å²) in [5.41, 5.74) is 3.93. The standard InChI is InChI=1S/C15H20N2S/c1-12(14-8-9-18-11-14)16-10-13-4-6-15(7-5-13)17(2)3/h4-9,11-12,16H,10H2,1-3H3. The third-order valence-corrected chi connectivity index (χ3v) is 3.81. The van der Waals surface area contributed by atoms with E-state index in [1.807, 2.05) is 0 Å². The molecule has 2 nitrogen and oxygen atoms in total. The molecule has 96 valence electrons.